The first kappa shape index (κ1) is 16.0. The molecule has 25 heavy (non-hydrogen) atoms. The Kier molecular flexibility index (Phi) is 4.34. The lowest BCUT2D eigenvalue weighted by molar-refractivity contribution is 0.149. The maximum atomic E-state index is 10.4. The Bertz CT molecular complexity index is 860. The van der Waals surface area contributed by atoms with E-state index in [2.05, 4.69) is 46.2 Å². The first-order valence-corrected chi connectivity index (χ1v) is 8.63. The summed E-state index contributed by atoms with van der Waals surface area (Å²) in [7, 11) is 0. The van der Waals surface area contributed by atoms with Gasteiger partial charge in [0.25, 0.3) is 0 Å². The first-order valence-electron chi connectivity index (χ1n) is 8.63. The summed E-state index contributed by atoms with van der Waals surface area (Å²) in [6.45, 7) is 4.73. The molecule has 0 saturated heterocycles. The maximum Gasteiger partial charge on any atom is 0.138 e. The second kappa shape index (κ2) is 6.78. The van der Waals surface area contributed by atoms with Crippen LogP contribution in [0.3, 0.4) is 0 Å². The molecule has 1 aliphatic heterocycles. The highest BCUT2D eigenvalue weighted by Crippen LogP contribution is 2.27. The van der Waals surface area contributed by atoms with Crippen LogP contribution in [0.2, 0.25) is 0 Å². The smallest absolute Gasteiger partial charge is 0.138 e. The Morgan fingerprint density at radius 2 is 2.08 bits per heavy atom. The molecule has 5 heteroatoms. The topological polar surface area (TPSA) is 54.2 Å². The summed E-state index contributed by atoms with van der Waals surface area (Å²) in [5, 5.41) is 14.6. The maximum absolute atomic E-state index is 10.4. The molecule has 0 fully saturated rings. The first-order chi connectivity index (χ1) is 12.2. The number of benzene rings is 2. The van der Waals surface area contributed by atoms with Crippen LogP contribution in [-0.2, 0) is 13.1 Å². The number of aromatic nitrogens is 3. The molecule has 5 nitrogen and oxygen atoms in total. The molecule has 4 rings (SSSR count). The third-order valence-electron chi connectivity index (χ3n) is 4.86. The zero-order chi connectivity index (χ0) is 17.2. The molecule has 3 aromatic rings. The summed E-state index contributed by atoms with van der Waals surface area (Å²) in [6, 6.07) is 14.7. The molecule has 1 aromatic heterocycles. The third-order valence-corrected chi connectivity index (χ3v) is 4.86. The average molecular weight is 334 g/mol. The van der Waals surface area contributed by atoms with Gasteiger partial charge in [-0.05, 0) is 41.7 Å². The quantitative estimate of drug-likeness (QED) is 0.800. The highest BCUT2D eigenvalue weighted by atomic mass is 16.3. The number of nitrogens with zero attached hydrogens (tertiary/aromatic N) is 4. The van der Waals surface area contributed by atoms with Gasteiger partial charge in [0.1, 0.15) is 12.7 Å². The summed E-state index contributed by atoms with van der Waals surface area (Å²) in [5.74, 6) is 0. The Labute approximate surface area is 147 Å². The van der Waals surface area contributed by atoms with Gasteiger partial charge in [-0.15, -0.1) is 0 Å². The Hall–Kier alpha value is -2.50. The molecule has 0 bridgehead atoms. The van der Waals surface area contributed by atoms with Crippen LogP contribution < -0.4 is 0 Å². The number of rotatable bonds is 3. The fraction of sp³-hybridized carbons (Fsp3) is 0.300. The van der Waals surface area contributed by atoms with E-state index in [-0.39, 0.29) is 6.10 Å². The molecule has 0 saturated carbocycles. The average Bonchev–Trinajstić information content (AvgIpc) is 3.09. The molecule has 128 valence electrons. The van der Waals surface area contributed by atoms with E-state index in [1.807, 2.05) is 18.2 Å². The number of fused-ring (bicyclic) bond motifs is 1. The largest absolute Gasteiger partial charge is 0.388 e. The summed E-state index contributed by atoms with van der Waals surface area (Å²) < 4.78 is 1.79. The minimum absolute atomic E-state index is 0.363. The third kappa shape index (κ3) is 3.34. The van der Waals surface area contributed by atoms with Crippen LogP contribution in [0.25, 0.3) is 5.69 Å². The second-order valence-electron chi connectivity index (χ2n) is 6.67. The minimum atomic E-state index is -0.363. The molecular formula is C20H22N4O. The number of aliphatic hydroxyl groups excluding tert-OH is 1. The second-order valence-corrected chi connectivity index (χ2v) is 6.67. The number of aryl methyl sites for hydroxylation is 1. The summed E-state index contributed by atoms with van der Waals surface area (Å²) in [5.41, 5.74) is 5.80. The van der Waals surface area contributed by atoms with Crippen molar-refractivity contribution in [2.75, 3.05) is 6.54 Å². The van der Waals surface area contributed by atoms with E-state index in [0.29, 0.717) is 0 Å². The molecule has 1 unspecified atom stereocenters. The molecule has 2 heterocycles. The monoisotopic (exact) mass is 334 g/mol. The molecule has 0 spiro atoms. The van der Waals surface area contributed by atoms with Gasteiger partial charge in [-0.1, -0.05) is 36.4 Å². The van der Waals surface area contributed by atoms with Gasteiger partial charge in [0.15, 0.2) is 0 Å². The van der Waals surface area contributed by atoms with Crippen LogP contribution in [0.5, 0.6) is 0 Å². The molecule has 1 N–H and O–H groups in total. The van der Waals surface area contributed by atoms with Gasteiger partial charge in [0.2, 0.25) is 0 Å². The molecular weight excluding hydrogens is 312 g/mol. The number of aliphatic hydroxyl groups is 1. The van der Waals surface area contributed by atoms with Gasteiger partial charge < -0.3 is 5.11 Å². The molecule has 0 radical (unpaired) electrons. The van der Waals surface area contributed by atoms with Crippen molar-refractivity contribution >= 4 is 0 Å². The molecule has 1 atom stereocenters. The van der Waals surface area contributed by atoms with Crippen molar-refractivity contribution in [3.63, 3.8) is 0 Å². The molecule has 0 amide bonds. The van der Waals surface area contributed by atoms with Crippen LogP contribution in [0.15, 0.2) is 55.1 Å². The van der Waals surface area contributed by atoms with Crippen LogP contribution in [-0.4, -0.2) is 31.3 Å². The van der Waals surface area contributed by atoms with Crippen LogP contribution >= 0.6 is 0 Å². The van der Waals surface area contributed by atoms with Gasteiger partial charge >= 0.3 is 0 Å². The van der Waals surface area contributed by atoms with E-state index in [1.54, 1.807) is 17.3 Å². The van der Waals surface area contributed by atoms with Gasteiger partial charge in [-0.25, -0.2) is 9.67 Å². The van der Waals surface area contributed by atoms with E-state index in [0.717, 1.165) is 37.3 Å². The zero-order valence-corrected chi connectivity index (χ0v) is 14.3. The highest BCUT2D eigenvalue weighted by molar-refractivity contribution is 5.42. The lowest BCUT2D eigenvalue weighted by Gasteiger charge is -2.21. The fourth-order valence-electron chi connectivity index (χ4n) is 3.58. The van der Waals surface area contributed by atoms with E-state index in [9.17, 15) is 5.11 Å². The van der Waals surface area contributed by atoms with Crippen molar-refractivity contribution in [2.45, 2.75) is 32.5 Å². The van der Waals surface area contributed by atoms with Crippen molar-refractivity contribution < 1.29 is 5.11 Å². The van der Waals surface area contributed by atoms with Gasteiger partial charge in [-0.2, -0.15) is 5.10 Å². The van der Waals surface area contributed by atoms with E-state index in [1.165, 1.54) is 16.7 Å². The molecule has 0 aliphatic carbocycles. The summed E-state index contributed by atoms with van der Waals surface area (Å²) >= 11 is 0. The summed E-state index contributed by atoms with van der Waals surface area (Å²) in [4.78, 5) is 6.42. The SMILES string of the molecule is Cc1cc(CN2CCC(O)c3ccccc3C2)ccc1-n1cncn1. The Morgan fingerprint density at radius 3 is 2.88 bits per heavy atom. The Morgan fingerprint density at radius 1 is 1.20 bits per heavy atom. The van der Waals surface area contributed by atoms with Crippen molar-refractivity contribution in [2.24, 2.45) is 0 Å². The summed E-state index contributed by atoms with van der Waals surface area (Å²) in [6.07, 6.45) is 3.67. The van der Waals surface area contributed by atoms with E-state index < -0.39 is 0 Å². The predicted octanol–water partition coefficient (Wildman–Crippen LogP) is 3.02. The van der Waals surface area contributed by atoms with Crippen molar-refractivity contribution in [1.82, 2.24) is 19.7 Å². The number of hydrogen-bond acceptors (Lipinski definition) is 4. The van der Waals surface area contributed by atoms with Gasteiger partial charge in [0.05, 0.1) is 11.8 Å². The lowest BCUT2D eigenvalue weighted by Crippen LogP contribution is -2.23. The van der Waals surface area contributed by atoms with Gasteiger partial charge in [0, 0.05) is 19.6 Å². The normalized spacial score (nSPS) is 17.9. The number of hydrogen-bond donors (Lipinski definition) is 1. The molecule has 1 aliphatic rings. The standard InChI is InChI=1S/C20H22N4O/c1-15-10-16(6-7-19(15)24-14-21-13-22-24)11-23-9-8-20(25)18-5-3-2-4-17(18)12-23/h2-7,10,13-14,20,25H,8-9,11-12H2,1H3. The van der Waals surface area contributed by atoms with E-state index >= 15 is 0 Å². The minimum Gasteiger partial charge on any atom is -0.388 e. The van der Waals surface area contributed by atoms with Crippen LogP contribution in [0.1, 0.15) is 34.8 Å². The Balaban J connectivity index is 1.54. The van der Waals surface area contributed by atoms with Crippen LogP contribution in [0, 0.1) is 6.92 Å². The lowest BCUT2D eigenvalue weighted by atomic mass is 10.0. The predicted molar refractivity (Wildman–Crippen MR) is 96.2 cm³/mol. The van der Waals surface area contributed by atoms with Crippen LogP contribution in [0.4, 0.5) is 0 Å². The zero-order valence-electron chi connectivity index (χ0n) is 14.3. The highest BCUT2D eigenvalue weighted by Gasteiger charge is 2.20. The fourth-order valence-corrected chi connectivity index (χ4v) is 3.58. The van der Waals surface area contributed by atoms with E-state index in [4.69, 9.17) is 0 Å². The van der Waals surface area contributed by atoms with Crippen molar-refractivity contribution in [3.8, 4) is 5.69 Å². The van der Waals surface area contributed by atoms with Crippen molar-refractivity contribution in [1.29, 1.82) is 0 Å². The molecule has 2 aromatic carbocycles. The van der Waals surface area contributed by atoms with Gasteiger partial charge in [-0.3, -0.25) is 4.90 Å². The van der Waals surface area contributed by atoms with Crippen molar-refractivity contribution in [3.05, 3.63) is 77.4 Å².